The van der Waals surface area contributed by atoms with Crippen molar-refractivity contribution in [1.82, 2.24) is 15.2 Å². The number of hydrogen-bond donors (Lipinski definition) is 2. The number of hydrogen-bond acceptors (Lipinski definition) is 7. The third kappa shape index (κ3) is 7.04. The third-order valence-corrected chi connectivity index (χ3v) is 6.03. The number of β-amino-alcohol motifs (C(OH)–C–C–N with tert-alkyl or cyclic N) is 1. The Morgan fingerprint density at radius 1 is 1.26 bits per heavy atom. The maximum Gasteiger partial charge on any atom is 0.573 e. The summed E-state index contributed by atoms with van der Waals surface area (Å²) in [7, 11) is 0. The lowest BCUT2D eigenvalue weighted by molar-refractivity contribution is -0.274. The monoisotopic (exact) mass is 513 g/mol. The molecule has 1 aliphatic heterocycles. The number of aliphatic hydroxyl groups excluding tert-OH is 1. The Labute approximate surface area is 194 Å². The van der Waals surface area contributed by atoms with Gasteiger partial charge in [0.25, 0.3) is 5.91 Å². The normalized spacial score (nSPS) is 17.3. The fourth-order valence-corrected chi connectivity index (χ4v) is 4.22. The molecule has 7 nitrogen and oxygen atoms in total. The first-order chi connectivity index (χ1) is 15.8. The molecule has 1 fully saturated rings. The smallest absolute Gasteiger partial charge is 0.406 e. The van der Waals surface area contributed by atoms with Gasteiger partial charge >= 0.3 is 12.5 Å². The maximum atomic E-state index is 13.5. The number of carbonyl (C=O) groups excluding carboxylic acids is 1. The summed E-state index contributed by atoms with van der Waals surface area (Å²) in [5.41, 5.74) is -1.26. The van der Waals surface area contributed by atoms with E-state index < -0.39 is 46.9 Å². The van der Waals surface area contributed by atoms with Gasteiger partial charge in [-0.2, -0.15) is 13.2 Å². The molecule has 1 saturated heterocycles. The van der Waals surface area contributed by atoms with Crippen molar-refractivity contribution in [2.45, 2.75) is 31.6 Å². The number of benzene rings is 1. The zero-order chi connectivity index (χ0) is 25.1. The molecule has 2 aromatic rings. The number of carbonyl (C=O) groups is 1. The molecule has 0 radical (unpaired) electrons. The average Bonchev–Trinajstić information content (AvgIpc) is 3.20. The Balaban J connectivity index is 1.77. The van der Waals surface area contributed by atoms with Crippen LogP contribution >= 0.6 is 11.3 Å². The van der Waals surface area contributed by atoms with Crippen LogP contribution in [0.15, 0.2) is 24.3 Å². The molecule has 2 unspecified atom stereocenters. The summed E-state index contributed by atoms with van der Waals surface area (Å²) in [5, 5.41) is 12.5. The minimum Gasteiger partial charge on any atom is -0.406 e. The van der Waals surface area contributed by atoms with Crippen molar-refractivity contribution < 1.29 is 45.7 Å². The fourth-order valence-electron chi connectivity index (χ4n) is 3.26. The summed E-state index contributed by atoms with van der Waals surface area (Å²) < 4.78 is 87.0. The van der Waals surface area contributed by atoms with Crippen molar-refractivity contribution in [2.24, 2.45) is 0 Å². The highest BCUT2D eigenvalue weighted by Gasteiger charge is 2.40. The molecule has 3 rings (SSSR count). The van der Waals surface area contributed by atoms with Gasteiger partial charge in [0.2, 0.25) is 0 Å². The molecule has 2 heterocycles. The Kier molecular flexibility index (Phi) is 8.06. The Hall–Kier alpha value is -2.42. The number of alkyl halides is 6. The summed E-state index contributed by atoms with van der Waals surface area (Å²) in [6.07, 6.45) is -11.2. The molecule has 0 spiro atoms. The van der Waals surface area contributed by atoms with Crippen LogP contribution in [0.4, 0.5) is 26.3 Å². The second kappa shape index (κ2) is 10.5. The van der Waals surface area contributed by atoms with Gasteiger partial charge in [-0.15, -0.1) is 24.5 Å². The van der Waals surface area contributed by atoms with E-state index in [0.717, 1.165) is 12.1 Å². The highest BCUT2D eigenvalue weighted by atomic mass is 32.1. The number of amides is 1. The first-order valence-electron chi connectivity index (χ1n) is 10.1. The van der Waals surface area contributed by atoms with E-state index >= 15 is 0 Å². The Bertz CT molecular complexity index is 991. The minimum absolute atomic E-state index is 0.0254. The zero-order valence-electron chi connectivity index (χ0n) is 17.7. The number of aliphatic hydroxyl groups is 1. The summed E-state index contributed by atoms with van der Waals surface area (Å²) in [6.45, 7) is 3.27. The van der Waals surface area contributed by atoms with Crippen LogP contribution < -0.4 is 10.1 Å². The van der Waals surface area contributed by atoms with Crippen LogP contribution in [0.5, 0.6) is 5.75 Å². The number of nitrogens with zero attached hydrogens (tertiary/aromatic N) is 2. The molecule has 34 heavy (non-hydrogen) atoms. The van der Waals surface area contributed by atoms with E-state index in [9.17, 15) is 36.2 Å². The number of aromatic nitrogens is 1. The van der Waals surface area contributed by atoms with Gasteiger partial charge in [0.1, 0.15) is 21.7 Å². The number of thiazole rings is 1. The standard InChI is InChI=1S/C20H21F6N3O4S/c1-11(12-3-2-4-13(9-12)33-20(24,25)26)27-17(31)15-16(19(21,22)23)28-18(34-15)14(30)10-29-5-7-32-8-6-29/h2-4,9,11,14,30H,5-8,10H2,1H3,(H,27,31). The van der Waals surface area contributed by atoms with E-state index in [0.29, 0.717) is 37.6 Å². The van der Waals surface area contributed by atoms with Gasteiger partial charge in [-0.3, -0.25) is 9.69 Å². The van der Waals surface area contributed by atoms with Crippen molar-refractivity contribution in [3.05, 3.63) is 45.4 Å². The van der Waals surface area contributed by atoms with Crippen LogP contribution in [0, 0.1) is 0 Å². The molecule has 0 aliphatic carbocycles. The van der Waals surface area contributed by atoms with Crippen molar-refractivity contribution >= 4 is 17.2 Å². The Morgan fingerprint density at radius 3 is 2.56 bits per heavy atom. The molecule has 2 N–H and O–H groups in total. The van der Waals surface area contributed by atoms with Crippen LogP contribution in [-0.2, 0) is 10.9 Å². The maximum absolute atomic E-state index is 13.5. The van der Waals surface area contributed by atoms with Crippen molar-refractivity contribution in [1.29, 1.82) is 0 Å². The molecular formula is C20H21F6N3O4S. The van der Waals surface area contributed by atoms with Crippen LogP contribution in [0.1, 0.15) is 45.0 Å². The largest absolute Gasteiger partial charge is 0.573 e. The van der Waals surface area contributed by atoms with Gasteiger partial charge in [0, 0.05) is 19.6 Å². The van der Waals surface area contributed by atoms with Crippen molar-refractivity contribution in [3.63, 3.8) is 0 Å². The van der Waals surface area contributed by atoms with Crippen LogP contribution in [0.3, 0.4) is 0 Å². The number of nitrogens with one attached hydrogen (secondary N) is 1. The molecule has 2 atom stereocenters. The van der Waals surface area contributed by atoms with E-state index in [1.165, 1.54) is 19.1 Å². The molecular weight excluding hydrogens is 492 g/mol. The molecule has 1 aromatic carbocycles. The second-order valence-electron chi connectivity index (χ2n) is 7.47. The summed E-state index contributed by atoms with van der Waals surface area (Å²) in [4.78, 5) is 17.2. The molecule has 0 saturated carbocycles. The predicted octanol–water partition coefficient (Wildman–Crippen LogP) is 3.92. The van der Waals surface area contributed by atoms with Gasteiger partial charge in [-0.25, -0.2) is 4.98 Å². The first kappa shape index (κ1) is 26.2. The van der Waals surface area contributed by atoms with E-state index in [1.54, 1.807) is 4.90 Å². The summed E-state index contributed by atoms with van der Waals surface area (Å²) in [5.74, 6) is -1.65. The second-order valence-corrected chi connectivity index (χ2v) is 8.50. The molecule has 188 valence electrons. The highest BCUT2D eigenvalue weighted by molar-refractivity contribution is 7.13. The Morgan fingerprint density at radius 2 is 1.94 bits per heavy atom. The SMILES string of the molecule is CC(NC(=O)c1sc(C(O)CN2CCOCC2)nc1C(F)(F)F)c1cccc(OC(F)(F)F)c1. The summed E-state index contributed by atoms with van der Waals surface area (Å²) >= 11 is 0.415. The molecule has 0 bridgehead atoms. The quantitative estimate of drug-likeness (QED) is 0.547. The molecule has 14 heteroatoms. The van der Waals surface area contributed by atoms with Gasteiger partial charge in [-0.05, 0) is 24.6 Å². The van der Waals surface area contributed by atoms with Crippen LogP contribution in [0.25, 0.3) is 0 Å². The van der Waals surface area contributed by atoms with Crippen molar-refractivity contribution in [3.8, 4) is 5.75 Å². The van der Waals surface area contributed by atoms with Gasteiger partial charge < -0.3 is 19.9 Å². The average molecular weight is 513 g/mol. The third-order valence-electron chi connectivity index (χ3n) is 4.88. The number of ether oxygens (including phenoxy) is 2. The van der Waals surface area contributed by atoms with E-state index in [-0.39, 0.29) is 17.1 Å². The lowest BCUT2D eigenvalue weighted by atomic mass is 10.1. The summed E-state index contributed by atoms with van der Waals surface area (Å²) in [6, 6.07) is 3.77. The van der Waals surface area contributed by atoms with Crippen LogP contribution in [0.2, 0.25) is 0 Å². The van der Waals surface area contributed by atoms with E-state index in [1.807, 2.05) is 0 Å². The number of halogens is 6. The molecule has 1 aromatic heterocycles. The lowest BCUT2D eigenvalue weighted by Crippen LogP contribution is -2.38. The highest BCUT2D eigenvalue weighted by Crippen LogP contribution is 2.36. The van der Waals surface area contributed by atoms with Gasteiger partial charge in [0.15, 0.2) is 5.69 Å². The fraction of sp³-hybridized carbons (Fsp3) is 0.500. The van der Waals surface area contributed by atoms with Gasteiger partial charge in [-0.1, -0.05) is 12.1 Å². The zero-order valence-corrected chi connectivity index (χ0v) is 18.6. The van der Waals surface area contributed by atoms with Crippen molar-refractivity contribution in [2.75, 3.05) is 32.8 Å². The minimum atomic E-state index is -4.95. The molecule has 1 aliphatic rings. The molecule has 1 amide bonds. The topological polar surface area (TPSA) is 83.9 Å². The number of rotatable bonds is 7. The van der Waals surface area contributed by atoms with Gasteiger partial charge in [0.05, 0.1) is 19.3 Å². The number of morpholine rings is 1. The predicted molar refractivity (Wildman–Crippen MR) is 108 cm³/mol. The van der Waals surface area contributed by atoms with E-state index in [2.05, 4.69) is 15.0 Å². The lowest BCUT2D eigenvalue weighted by Gasteiger charge is -2.27. The van der Waals surface area contributed by atoms with Crippen LogP contribution in [-0.4, -0.2) is 60.1 Å². The first-order valence-corrected chi connectivity index (χ1v) is 10.9. The van der Waals surface area contributed by atoms with E-state index in [4.69, 9.17) is 4.74 Å².